The molecule has 0 spiro atoms. The second-order valence-corrected chi connectivity index (χ2v) is 4.32. The first-order valence-electron chi connectivity index (χ1n) is 6.33. The minimum atomic E-state index is -1.21. The molecule has 0 bridgehead atoms. The van der Waals surface area contributed by atoms with Crippen LogP contribution in [0.15, 0.2) is 0 Å². The molecule has 1 atom stereocenters. The van der Waals surface area contributed by atoms with Gasteiger partial charge in [-0.15, -0.1) is 0 Å². The lowest BCUT2D eigenvalue weighted by Crippen LogP contribution is -2.55. The normalized spacial score (nSPS) is 13.7. The zero-order valence-electron chi connectivity index (χ0n) is 11.4. The van der Waals surface area contributed by atoms with Gasteiger partial charge in [-0.25, -0.2) is 9.59 Å². The third-order valence-corrected chi connectivity index (χ3v) is 2.57. The van der Waals surface area contributed by atoms with Crippen LogP contribution in [0.3, 0.4) is 0 Å². The van der Waals surface area contributed by atoms with Gasteiger partial charge in [0.15, 0.2) is 0 Å². The Morgan fingerprint density at radius 3 is 2.50 bits per heavy atom. The summed E-state index contributed by atoms with van der Waals surface area (Å²) in [6.45, 7) is 7.00. The summed E-state index contributed by atoms with van der Waals surface area (Å²) in [4.78, 5) is 22.6. The van der Waals surface area contributed by atoms with Gasteiger partial charge in [-0.05, 0) is 26.7 Å². The fourth-order valence-electron chi connectivity index (χ4n) is 1.54. The topological polar surface area (TPSA) is 87.7 Å². The Morgan fingerprint density at radius 1 is 1.33 bits per heavy atom. The number of amides is 2. The molecule has 0 radical (unpaired) electrons. The van der Waals surface area contributed by atoms with Crippen LogP contribution in [0.2, 0.25) is 0 Å². The lowest BCUT2D eigenvalue weighted by atomic mass is 9.97. The number of carboxylic acid groups (broad SMARTS) is 1. The maximum atomic E-state index is 11.5. The number of hydrogen-bond donors (Lipinski definition) is 3. The first-order valence-corrected chi connectivity index (χ1v) is 6.33. The van der Waals surface area contributed by atoms with Crippen LogP contribution < -0.4 is 10.6 Å². The maximum absolute atomic E-state index is 11.5. The molecule has 6 nitrogen and oxygen atoms in total. The van der Waals surface area contributed by atoms with Crippen molar-refractivity contribution in [2.75, 3.05) is 19.8 Å². The van der Waals surface area contributed by atoms with Gasteiger partial charge in [0, 0.05) is 19.8 Å². The molecule has 2 amide bonds. The molecule has 0 aromatic rings. The van der Waals surface area contributed by atoms with Crippen LogP contribution in [-0.4, -0.2) is 42.4 Å². The van der Waals surface area contributed by atoms with E-state index in [9.17, 15) is 9.59 Å². The molecule has 0 aliphatic carbocycles. The van der Waals surface area contributed by atoms with Gasteiger partial charge in [-0.1, -0.05) is 13.3 Å². The van der Waals surface area contributed by atoms with Gasteiger partial charge in [-0.3, -0.25) is 0 Å². The fourth-order valence-corrected chi connectivity index (χ4v) is 1.54. The van der Waals surface area contributed by atoms with E-state index in [1.54, 1.807) is 0 Å². The largest absolute Gasteiger partial charge is 0.480 e. The van der Waals surface area contributed by atoms with Crippen molar-refractivity contribution in [2.24, 2.45) is 0 Å². The van der Waals surface area contributed by atoms with E-state index in [0.29, 0.717) is 39.0 Å². The van der Waals surface area contributed by atoms with Crippen molar-refractivity contribution in [3.8, 4) is 0 Å². The van der Waals surface area contributed by atoms with Crippen LogP contribution in [0.4, 0.5) is 4.79 Å². The maximum Gasteiger partial charge on any atom is 0.329 e. The van der Waals surface area contributed by atoms with E-state index in [1.165, 1.54) is 6.92 Å². The highest BCUT2D eigenvalue weighted by Crippen LogP contribution is 2.12. The SMILES string of the molecule is CCCC(C)(NC(=O)NCCCOCC)C(=O)O. The Morgan fingerprint density at radius 2 is 2.00 bits per heavy atom. The van der Waals surface area contributed by atoms with Crippen molar-refractivity contribution in [3.05, 3.63) is 0 Å². The number of rotatable bonds is 9. The van der Waals surface area contributed by atoms with Crippen LogP contribution in [0.5, 0.6) is 0 Å². The number of ether oxygens (including phenoxy) is 1. The lowest BCUT2D eigenvalue weighted by Gasteiger charge is -2.25. The number of aliphatic carboxylic acids is 1. The molecule has 18 heavy (non-hydrogen) atoms. The second kappa shape index (κ2) is 8.74. The van der Waals surface area contributed by atoms with Gasteiger partial charge in [0.1, 0.15) is 5.54 Å². The molecule has 106 valence electrons. The summed E-state index contributed by atoms with van der Waals surface area (Å²) in [5, 5.41) is 14.2. The van der Waals surface area contributed by atoms with Crippen molar-refractivity contribution < 1.29 is 19.4 Å². The van der Waals surface area contributed by atoms with Crippen molar-refractivity contribution in [3.63, 3.8) is 0 Å². The molecule has 0 aliphatic heterocycles. The van der Waals surface area contributed by atoms with Crippen molar-refractivity contribution in [1.82, 2.24) is 10.6 Å². The fraction of sp³-hybridized carbons (Fsp3) is 0.833. The van der Waals surface area contributed by atoms with Gasteiger partial charge in [0.05, 0.1) is 0 Å². The molecular formula is C12H24N2O4. The van der Waals surface area contributed by atoms with Crippen molar-refractivity contribution >= 4 is 12.0 Å². The quantitative estimate of drug-likeness (QED) is 0.546. The highest BCUT2D eigenvalue weighted by Gasteiger charge is 2.33. The summed E-state index contributed by atoms with van der Waals surface area (Å²) in [6.07, 6.45) is 1.79. The first kappa shape index (κ1) is 16.7. The molecule has 0 rings (SSSR count). The summed E-state index contributed by atoms with van der Waals surface area (Å²) in [5.41, 5.74) is -1.21. The highest BCUT2D eigenvalue weighted by atomic mass is 16.5. The third kappa shape index (κ3) is 6.44. The average Bonchev–Trinajstić information content (AvgIpc) is 2.28. The lowest BCUT2D eigenvalue weighted by molar-refractivity contribution is -0.144. The summed E-state index contributed by atoms with van der Waals surface area (Å²) >= 11 is 0. The molecular weight excluding hydrogens is 236 g/mol. The molecule has 0 aromatic heterocycles. The highest BCUT2D eigenvalue weighted by molar-refractivity contribution is 5.85. The van der Waals surface area contributed by atoms with Crippen molar-refractivity contribution in [1.29, 1.82) is 0 Å². The summed E-state index contributed by atoms with van der Waals surface area (Å²) < 4.78 is 5.13. The van der Waals surface area contributed by atoms with Crippen LogP contribution in [0.1, 0.15) is 40.0 Å². The number of nitrogens with one attached hydrogen (secondary N) is 2. The standard InChI is InChI=1S/C12H24N2O4/c1-4-7-12(3,10(15)16)14-11(17)13-8-6-9-18-5-2/h4-9H2,1-3H3,(H,15,16)(H2,13,14,17). The molecule has 6 heteroatoms. The number of urea groups is 1. The van der Waals surface area contributed by atoms with E-state index in [1.807, 2.05) is 13.8 Å². The van der Waals surface area contributed by atoms with Crippen LogP contribution in [0, 0.1) is 0 Å². The molecule has 0 heterocycles. The van der Waals surface area contributed by atoms with E-state index < -0.39 is 17.5 Å². The van der Waals surface area contributed by atoms with Gasteiger partial charge in [0.2, 0.25) is 0 Å². The van der Waals surface area contributed by atoms with Gasteiger partial charge in [0.25, 0.3) is 0 Å². The van der Waals surface area contributed by atoms with Gasteiger partial charge >= 0.3 is 12.0 Å². The van der Waals surface area contributed by atoms with E-state index in [0.717, 1.165) is 0 Å². The van der Waals surface area contributed by atoms with Crippen LogP contribution in [-0.2, 0) is 9.53 Å². The summed E-state index contributed by atoms with van der Waals surface area (Å²) in [5.74, 6) is -1.02. The smallest absolute Gasteiger partial charge is 0.329 e. The van der Waals surface area contributed by atoms with Crippen molar-refractivity contribution in [2.45, 2.75) is 45.6 Å². The Kier molecular flexibility index (Phi) is 8.11. The Bertz CT molecular complexity index is 271. The monoisotopic (exact) mass is 260 g/mol. The zero-order valence-corrected chi connectivity index (χ0v) is 11.4. The van der Waals surface area contributed by atoms with Gasteiger partial charge in [-0.2, -0.15) is 0 Å². The Hall–Kier alpha value is -1.30. The van der Waals surface area contributed by atoms with E-state index >= 15 is 0 Å². The molecule has 0 aromatic carbocycles. The molecule has 3 N–H and O–H groups in total. The van der Waals surface area contributed by atoms with E-state index in [4.69, 9.17) is 9.84 Å². The number of hydrogen-bond acceptors (Lipinski definition) is 3. The summed E-state index contributed by atoms with van der Waals surface area (Å²) in [6, 6.07) is -0.454. The average molecular weight is 260 g/mol. The second-order valence-electron chi connectivity index (χ2n) is 4.32. The third-order valence-electron chi connectivity index (χ3n) is 2.57. The van der Waals surface area contributed by atoms with E-state index in [2.05, 4.69) is 10.6 Å². The summed E-state index contributed by atoms with van der Waals surface area (Å²) in [7, 11) is 0. The van der Waals surface area contributed by atoms with Crippen LogP contribution >= 0.6 is 0 Å². The predicted molar refractivity (Wildman–Crippen MR) is 68.6 cm³/mol. The molecule has 1 unspecified atom stereocenters. The first-order chi connectivity index (χ1) is 8.46. The predicted octanol–water partition coefficient (Wildman–Crippen LogP) is 1.36. The number of carbonyl (C=O) groups is 2. The Labute approximate surface area is 108 Å². The minimum Gasteiger partial charge on any atom is -0.480 e. The molecule has 0 saturated carbocycles. The molecule has 0 fully saturated rings. The molecule has 0 saturated heterocycles. The molecule has 0 aliphatic rings. The van der Waals surface area contributed by atoms with Crippen LogP contribution in [0.25, 0.3) is 0 Å². The number of carbonyl (C=O) groups excluding carboxylic acids is 1. The zero-order chi connectivity index (χ0) is 14.0. The number of carboxylic acids is 1. The van der Waals surface area contributed by atoms with Gasteiger partial charge < -0.3 is 20.5 Å². The minimum absolute atomic E-state index is 0.398. The van der Waals surface area contributed by atoms with E-state index in [-0.39, 0.29) is 0 Å². The Balaban J connectivity index is 4.00.